The number of Topliss-reactive ketones (excluding diaryl/α,β-unsaturated/α-hetero) is 1. The molecule has 3 atom stereocenters. The molecule has 0 bridgehead atoms. The van der Waals surface area contributed by atoms with E-state index in [9.17, 15) is 4.79 Å². The Bertz CT molecular complexity index is 221. The van der Waals surface area contributed by atoms with Gasteiger partial charge in [-0.2, -0.15) is 0 Å². The number of ketones is 1. The lowest BCUT2D eigenvalue weighted by molar-refractivity contribution is -0.127. The summed E-state index contributed by atoms with van der Waals surface area (Å²) in [5.41, 5.74) is 0.140. The summed E-state index contributed by atoms with van der Waals surface area (Å²) in [5, 5.41) is 0. The second-order valence-corrected chi connectivity index (χ2v) is 5.02. The van der Waals surface area contributed by atoms with Crippen LogP contribution in [0.3, 0.4) is 0 Å². The lowest BCUT2D eigenvalue weighted by Crippen LogP contribution is -2.28. The first-order valence-corrected chi connectivity index (χ1v) is 5.70. The largest absolute Gasteiger partial charge is 0.299 e. The van der Waals surface area contributed by atoms with Crippen LogP contribution >= 0.6 is 0 Å². The highest BCUT2D eigenvalue weighted by Gasteiger charge is 2.52. The molecule has 0 spiro atoms. The molecule has 0 aromatic carbocycles. The number of carbonyl (C=O) groups excluding carboxylic acids is 1. The van der Waals surface area contributed by atoms with Crippen molar-refractivity contribution in [2.45, 2.75) is 52.4 Å². The smallest absolute Gasteiger partial charge is 0.136 e. The maximum atomic E-state index is 11.7. The Kier molecular flexibility index (Phi) is 2.21. The Hall–Kier alpha value is -0.330. The van der Waals surface area contributed by atoms with Crippen LogP contribution in [0.25, 0.3) is 0 Å². The van der Waals surface area contributed by atoms with E-state index in [0.717, 1.165) is 11.8 Å². The summed E-state index contributed by atoms with van der Waals surface area (Å²) in [4.78, 5) is 11.7. The van der Waals surface area contributed by atoms with Crippen molar-refractivity contribution in [1.29, 1.82) is 0 Å². The van der Waals surface area contributed by atoms with Gasteiger partial charge < -0.3 is 0 Å². The number of rotatable bonds is 2. The van der Waals surface area contributed by atoms with E-state index in [-0.39, 0.29) is 5.41 Å². The van der Waals surface area contributed by atoms with Crippen LogP contribution in [0.15, 0.2) is 0 Å². The van der Waals surface area contributed by atoms with E-state index in [1.54, 1.807) is 0 Å². The maximum absolute atomic E-state index is 11.7. The van der Waals surface area contributed by atoms with Crippen molar-refractivity contribution in [3.05, 3.63) is 0 Å². The minimum atomic E-state index is 0.140. The van der Waals surface area contributed by atoms with Crippen LogP contribution in [-0.2, 0) is 4.79 Å². The monoisotopic (exact) mass is 180 g/mol. The lowest BCUT2D eigenvalue weighted by Gasteiger charge is -2.25. The zero-order valence-corrected chi connectivity index (χ0v) is 8.81. The molecule has 0 heterocycles. The van der Waals surface area contributed by atoms with Crippen LogP contribution < -0.4 is 0 Å². The van der Waals surface area contributed by atoms with E-state index in [2.05, 4.69) is 6.92 Å². The third-order valence-electron chi connectivity index (χ3n) is 4.51. The van der Waals surface area contributed by atoms with Gasteiger partial charge in [0.25, 0.3) is 0 Å². The Labute approximate surface area is 80.9 Å². The first kappa shape index (κ1) is 9.23. The fourth-order valence-corrected chi connectivity index (χ4v) is 3.68. The number of carbonyl (C=O) groups is 1. The average molecular weight is 180 g/mol. The fourth-order valence-electron chi connectivity index (χ4n) is 3.68. The fraction of sp³-hybridized carbons (Fsp3) is 0.917. The molecule has 2 rings (SSSR count). The SMILES string of the molecule is CCC1CC2CCCC2(C(C)=O)C1. The van der Waals surface area contributed by atoms with Crippen molar-refractivity contribution in [2.75, 3.05) is 0 Å². The molecule has 3 unspecified atom stereocenters. The Morgan fingerprint density at radius 1 is 1.54 bits per heavy atom. The molecule has 0 aromatic rings. The van der Waals surface area contributed by atoms with Gasteiger partial charge in [0.1, 0.15) is 5.78 Å². The van der Waals surface area contributed by atoms with Gasteiger partial charge in [0.05, 0.1) is 0 Å². The quantitative estimate of drug-likeness (QED) is 0.638. The Morgan fingerprint density at radius 2 is 2.31 bits per heavy atom. The van der Waals surface area contributed by atoms with Gasteiger partial charge in [-0.3, -0.25) is 4.79 Å². The molecule has 1 nitrogen and oxygen atoms in total. The first-order chi connectivity index (χ1) is 6.19. The van der Waals surface area contributed by atoms with Gasteiger partial charge in [-0.25, -0.2) is 0 Å². The molecule has 0 aliphatic heterocycles. The third-order valence-corrected chi connectivity index (χ3v) is 4.51. The highest BCUT2D eigenvalue weighted by Crippen LogP contribution is 2.57. The molecule has 0 saturated heterocycles. The van der Waals surface area contributed by atoms with E-state index < -0.39 is 0 Å². The van der Waals surface area contributed by atoms with Crippen molar-refractivity contribution in [1.82, 2.24) is 0 Å². The molecule has 2 fully saturated rings. The average Bonchev–Trinajstić information content (AvgIpc) is 2.58. The van der Waals surface area contributed by atoms with Gasteiger partial charge in [0, 0.05) is 5.41 Å². The molecule has 13 heavy (non-hydrogen) atoms. The molecule has 74 valence electrons. The molecular formula is C12H20O. The molecule has 1 heteroatoms. The van der Waals surface area contributed by atoms with E-state index in [1.165, 1.54) is 38.5 Å². The molecule has 2 saturated carbocycles. The minimum absolute atomic E-state index is 0.140. The van der Waals surface area contributed by atoms with Crippen LogP contribution in [0.4, 0.5) is 0 Å². The summed E-state index contributed by atoms with van der Waals surface area (Å²) in [6.07, 6.45) is 7.59. The lowest BCUT2D eigenvalue weighted by atomic mass is 9.77. The second-order valence-electron chi connectivity index (χ2n) is 5.02. The molecule has 0 radical (unpaired) electrons. The normalized spacial score (nSPS) is 43.5. The van der Waals surface area contributed by atoms with Crippen LogP contribution in [0.2, 0.25) is 0 Å². The summed E-state index contributed by atoms with van der Waals surface area (Å²) in [7, 11) is 0. The van der Waals surface area contributed by atoms with Crippen LogP contribution in [0.1, 0.15) is 52.4 Å². The summed E-state index contributed by atoms with van der Waals surface area (Å²) >= 11 is 0. The van der Waals surface area contributed by atoms with Gasteiger partial charge in [0.15, 0.2) is 0 Å². The van der Waals surface area contributed by atoms with Gasteiger partial charge in [-0.1, -0.05) is 19.8 Å². The highest BCUT2D eigenvalue weighted by atomic mass is 16.1. The molecule has 0 amide bonds. The topological polar surface area (TPSA) is 17.1 Å². The Balaban J connectivity index is 2.20. The minimum Gasteiger partial charge on any atom is -0.299 e. The van der Waals surface area contributed by atoms with Crippen molar-refractivity contribution in [2.24, 2.45) is 17.3 Å². The molecule has 0 aromatic heterocycles. The van der Waals surface area contributed by atoms with Gasteiger partial charge in [-0.05, 0) is 44.4 Å². The van der Waals surface area contributed by atoms with E-state index in [0.29, 0.717) is 5.78 Å². The summed E-state index contributed by atoms with van der Waals surface area (Å²) in [6.45, 7) is 4.08. The molecule has 0 N–H and O–H groups in total. The third kappa shape index (κ3) is 1.24. The number of fused-ring (bicyclic) bond motifs is 1. The van der Waals surface area contributed by atoms with Crippen molar-refractivity contribution < 1.29 is 4.79 Å². The summed E-state index contributed by atoms with van der Waals surface area (Å²) < 4.78 is 0. The predicted molar refractivity (Wildman–Crippen MR) is 53.5 cm³/mol. The van der Waals surface area contributed by atoms with E-state index in [4.69, 9.17) is 0 Å². The maximum Gasteiger partial charge on any atom is 0.136 e. The van der Waals surface area contributed by atoms with Crippen molar-refractivity contribution in [3.8, 4) is 0 Å². The number of hydrogen-bond donors (Lipinski definition) is 0. The zero-order chi connectivity index (χ0) is 9.47. The first-order valence-electron chi connectivity index (χ1n) is 5.70. The summed E-state index contributed by atoms with van der Waals surface area (Å²) in [5.74, 6) is 2.06. The van der Waals surface area contributed by atoms with Crippen LogP contribution in [0.5, 0.6) is 0 Å². The van der Waals surface area contributed by atoms with Gasteiger partial charge in [0.2, 0.25) is 0 Å². The van der Waals surface area contributed by atoms with Crippen molar-refractivity contribution >= 4 is 5.78 Å². The van der Waals surface area contributed by atoms with E-state index in [1.807, 2.05) is 6.92 Å². The zero-order valence-electron chi connectivity index (χ0n) is 8.81. The van der Waals surface area contributed by atoms with Gasteiger partial charge in [-0.15, -0.1) is 0 Å². The summed E-state index contributed by atoms with van der Waals surface area (Å²) in [6, 6.07) is 0. The van der Waals surface area contributed by atoms with Crippen LogP contribution in [-0.4, -0.2) is 5.78 Å². The van der Waals surface area contributed by atoms with E-state index >= 15 is 0 Å². The molecule has 2 aliphatic rings. The second kappa shape index (κ2) is 3.11. The number of hydrogen-bond acceptors (Lipinski definition) is 1. The highest BCUT2D eigenvalue weighted by molar-refractivity contribution is 5.83. The van der Waals surface area contributed by atoms with Crippen molar-refractivity contribution in [3.63, 3.8) is 0 Å². The molecule has 2 aliphatic carbocycles. The molecular weight excluding hydrogens is 160 g/mol. The standard InChI is InChI=1S/C12H20O/c1-3-10-7-11-5-4-6-12(11,8-10)9(2)13/h10-11H,3-8H2,1-2H3. The van der Waals surface area contributed by atoms with Crippen LogP contribution in [0, 0.1) is 17.3 Å². The predicted octanol–water partition coefficient (Wildman–Crippen LogP) is 3.18. The van der Waals surface area contributed by atoms with Gasteiger partial charge >= 0.3 is 0 Å². The Morgan fingerprint density at radius 3 is 2.85 bits per heavy atom.